The maximum Gasteiger partial charge on any atom is 0.208 e. The molecule has 0 aliphatic carbocycles. The normalized spacial score (nSPS) is 10.4. The Kier molecular flexibility index (Phi) is 3.81. The smallest absolute Gasteiger partial charge is 0.208 e. The summed E-state index contributed by atoms with van der Waals surface area (Å²) in [6, 6.07) is 4.81. The second kappa shape index (κ2) is 5.35. The highest BCUT2D eigenvalue weighted by Crippen LogP contribution is 2.23. The summed E-state index contributed by atoms with van der Waals surface area (Å²) in [5, 5.41) is 3.08. The number of rotatable bonds is 4. The predicted molar refractivity (Wildman–Crippen MR) is 74.6 cm³/mol. The Morgan fingerprint density at radius 1 is 1.56 bits per heavy atom. The molecule has 0 aliphatic heterocycles. The third kappa shape index (κ3) is 2.61. The fourth-order valence-electron chi connectivity index (χ4n) is 1.64. The number of imidazole rings is 1. The summed E-state index contributed by atoms with van der Waals surface area (Å²) in [6.07, 6.45) is 3.52. The van der Waals surface area contributed by atoms with E-state index in [0.717, 1.165) is 10.2 Å². The van der Waals surface area contributed by atoms with Crippen LogP contribution in [-0.4, -0.2) is 16.1 Å². The average Bonchev–Trinajstić information content (AvgIpc) is 2.71. The van der Waals surface area contributed by atoms with Crippen molar-refractivity contribution in [3.8, 4) is 5.69 Å². The van der Waals surface area contributed by atoms with Gasteiger partial charge in [0, 0.05) is 17.2 Å². The van der Waals surface area contributed by atoms with Crippen molar-refractivity contribution < 1.29 is 4.39 Å². The first-order chi connectivity index (χ1) is 8.61. The first kappa shape index (κ1) is 12.8. The van der Waals surface area contributed by atoms with E-state index in [0.29, 0.717) is 18.2 Å². The van der Waals surface area contributed by atoms with Gasteiger partial charge in [-0.05, 0) is 25.1 Å². The number of hydrogen-bond donors (Lipinski definition) is 1. The van der Waals surface area contributed by atoms with Gasteiger partial charge in [0.25, 0.3) is 0 Å². The van der Waals surface area contributed by atoms with Gasteiger partial charge in [-0.2, -0.15) is 0 Å². The lowest BCUT2D eigenvalue weighted by molar-refractivity contribution is 0.618. The van der Waals surface area contributed by atoms with Gasteiger partial charge in [-0.3, -0.25) is 4.57 Å². The molecule has 1 heterocycles. The Morgan fingerprint density at radius 3 is 3.06 bits per heavy atom. The van der Waals surface area contributed by atoms with E-state index in [4.69, 9.17) is 0 Å². The minimum atomic E-state index is -0.294. The zero-order valence-electron chi connectivity index (χ0n) is 9.95. The van der Waals surface area contributed by atoms with Crippen molar-refractivity contribution in [3.63, 3.8) is 0 Å². The molecule has 0 spiro atoms. The van der Waals surface area contributed by atoms with Crippen molar-refractivity contribution in [2.45, 2.75) is 6.92 Å². The van der Waals surface area contributed by atoms with Gasteiger partial charge in [0.05, 0.1) is 11.4 Å². The molecule has 3 nitrogen and oxygen atoms in total. The monoisotopic (exact) mass is 309 g/mol. The van der Waals surface area contributed by atoms with E-state index in [-0.39, 0.29) is 5.82 Å². The number of aryl methyl sites for hydroxylation is 1. The van der Waals surface area contributed by atoms with Crippen molar-refractivity contribution in [2.24, 2.45) is 0 Å². The van der Waals surface area contributed by atoms with E-state index in [2.05, 4.69) is 32.8 Å². The molecule has 0 saturated carbocycles. The minimum absolute atomic E-state index is 0.294. The van der Waals surface area contributed by atoms with Gasteiger partial charge >= 0.3 is 0 Å². The lowest BCUT2D eigenvalue weighted by atomic mass is 10.3. The second-order valence-electron chi connectivity index (χ2n) is 3.84. The van der Waals surface area contributed by atoms with E-state index in [9.17, 15) is 4.39 Å². The summed E-state index contributed by atoms with van der Waals surface area (Å²) in [4.78, 5) is 4.32. The zero-order chi connectivity index (χ0) is 13.1. The molecule has 0 aliphatic rings. The third-order valence-corrected chi connectivity index (χ3v) is 2.89. The molecular formula is C13H13BrFN3. The number of nitrogens with zero attached hydrogens (tertiary/aromatic N) is 2. The average molecular weight is 310 g/mol. The summed E-state index contributed by atoms with van der Waals surface area (Å²) in [5.41, 5.74) is 1.28. The highest BCUT2D eigenvalue weighted by Gasteiger charge is 2.11. The maximum absolute atomic E-state index is 13.8. The van der Waals surface area contributed by atoms with E-state index < -0.39 is 0 Å². The zero-order valence-corrected chi connectivity index (χ0v) is 11.5. The Hall–Kier alpha value is -1.62. The molecule has 5 heteroatoms. The Balaban J connectivity index is 2.48. The van der Waals surface area contributed by atoms with Gasteiger partial charge in [0.2, 0.25) is 5.95 Å². The Labute approximate surface area is 113 Å². The number of anilines is 1. The lowest BCUT2D eigenvalue weighted by Crippen LogP contribution is -2.06. The van der Waals surface area contributed by atoms with Crippen LogP contribution in [0.5, 0.6) is 0 Å². The van der Waals surface area contributed by atoms with Crippen LogP contribution in [0.15, 0.2) is 41.5 Å². The molecule has 18 heavy (non-hydrogen) atoms. The number of hydrogen-bond acceptors (Lipinski definition) is 2. The minimum Gasteiger partial charge on any atom is -0.352 e. The van der Waals surface area contributed by atoms with Crippen LogP contribution >= 0.6 is 15.9 Å². The second-order valence-corrected chi connectivity index (χ2v) is 4.76. The number of halogens is 2. The van der Waals surface area contributed by atoms with Gasteiger partial charge in [-0.15, -0.1) is 6.58 Å². The topological polar surface area (TPSA) is 29.9 Å². The van der Waals surface area contributed by atoms with Crippen LogP contribution in [-0.2, 0) is 0 Å². The van der Waals surface area contributed by atoms with Gasteiger partial charge < -0.3 is 5.32 Å². The fraction of sp³-hybridized carbons (Fsp3) is 0.154. The van der Waals surface area contributed by atoms with E-state index in [1.54, 1.807) is 29.0 Å². The van der Waals surface area contributed by atoms with Crippen molar-refractivity contribution in [3.05, 3.63) is 53.0 Å². The van der Waals surface area contributed by atoms with Crippen LogP contribution < -0.4 is 5.32 Å². The number of aromatic nitrogens is 2. The third-order valence-electron chi connectivity index (χ3n) is 2.40. The fourth-order valence-corrected chi connectivity index (χ4v) is 1.99. The molecule has 0 unspecified atom stereocenters. The Morgan fingerprint density at radius 2 is 2.33 bits per heavy atom. The molecule has 2 rings (SSSR count). The molecular weight excluding hydrogens is 297 g/mol. The van der Waals surface area contributed by atoms with E-state index in [1.165, 1.54) is 6.07 Å². The molecule has 0 bridgehead atoms. The summed E-state index contributed by atoms with van der Waals surface area (Å²) >= 11 is 3.34. The van der Waals surface area contributed by atoms with Gasteiger partial charge in [-0.25, -0.2) is 9.37 Å². The molecule has 2 aromatic rings. The van der Waals surface area contributed by atoms with Crippen molar-refractivity contribution in [2.75, 3.05) is 11.9 Å². The quantitative estimate of drug-likeness (QED) is 0.873. The van der Waals surface area contributed by atoms with Gasteiger partial charge in [-0.1, -0.05) is 22.0 Å². The highest BCUT2D eigenvalue weighted by molar-refractivity contribution is 9.10. The molecule has 1 aromatic heterocycles. The van der Waals surface area contributed by atoms with Crippen molar-refractivity contribution >= 4 is 21.9 Å². The standard InChI is InChI=1S/C13H13BrFN3/c1-3-6-16-13-17-9(2)8-18(13)12-7-10(14)4-5-11(12)15/h3-5,7-8H,1,6H2,2H3,(H,16,17). The van der Waals surface area contributed by atoms with Crippen molar-refractivity contribution in [1.29, 1.82) is 0 Å². The summed E-state index contributed by atoms with van der Waals surface area (Å²) in [5.74, 6) is 0.307. The molecule has 0 saturated heterocycles. The first-order valence-corrected chi connectivity index (χ1v) is 6.27. The number of nitrogens with one attached hydrogen (secondary N) is 1. The molecule has 0 atom stereocenters. The van der Waals surface area contributed by atoms with Gasteiger partial charge in [0.15, 0.2) is 0 Å². The lowest BCUT2D eigenvalue weighted by Gasteiger charge is -2.09. The number of benzene rings is 1. The molecule has 1 aromatic carbocycles. The van der Waals surface area contributed by atoms with E-state index >= 15 is 0 Å². The summed E-state index contributed by atoms with van der Waals surface area (Å²) < 4.78 is 16.4. The summed E-state index contributed by atoms with van der Waals surface area (Å²) in [7, 11) is 0. The molecule has 0 fully saturated rings. The SMILES string of the molecule is C=CCNc1nc(C)cn1-c1cc(Br)ccc1F. The van der Waals surface area contributed by atoms with E-state index in [1.807, 2.05) is 6.92 Å². The van der Waals surface area contributed by atoms with Crippen molar-refractivity contribution in [1.82, 2.24) is 9.55 Å². The molecule has 0 amide bonds. The van der Waals surface area contributed by atoms with Crippen LogP contribution in [0.4, 0.5) is 10.3 Å². The highest BCUT2D eigenvalue weighted by atomic mass is 79.9. The molecule has 0 radical (unpaired) electrons. The molecule has 94 valence electrons. The Bertz CT molecular complexity index is 578. The van der Waals surface area contributed by atoms with Crippen LogP contribution in [0, 0.1) is 12.7 Å². The van der Waals surface area contributed by atoms with Gasteiger partial charge in [0.1, 0.15) is 5.82 Å². The van der Waals surface area contributed by atoms with Crippen LogP contribution in [0.1, 0.15) is 5.69 Å². The van der Waals surface area contributed by atoms with Crippen LogP contribution in [0.2, 0.25) is 0 Å². The predicted octanol–water partition coefficient (Wildman–Crippen LogP) is 3.68. The van der Waals surface area contributed by atoms with Crippen LogP contribution in [0.3, 0.4) is 0 Å². The largest absolute Gasteiger partial charge is 0.352 e. The van der Waals surface area contributed by atoms with Crippen LogP contribution in [0.25, 0.3) is 5.69 Å². The first-order valence-electron chi connectivity index (χ1n) is 5.48. The summed E-state index contributed by atoms with van der Waals surface area (Å²) in [6.45, 7) is 6.08. The maximum atomic E-state index is 13.8. The molecule has 1 N–H and O–H groups in total.